The van der Waals surface area contributed by atoms with Gasteiger partial charge in [0.2, 0.25) is 5.78 Å². The van der Waals surface area contributed by atoms with E-state index in [0.717, 1.165) is 17.7 Å². The van der Waals surface area contributed by atoms with Gasteiger partial charge in [0, 0.05) is 34.3 Å². The summed E-state index contributed by atoms with van der Waals surface area (Å²) in [7, 11) is 0. The molecule has 4 aromatic rings. The monoisotopic (exact) mass is 548 g/mol. The summed E-state index contributed by atoms with van der Waals surface area (Å²) in [5, 5.41) is 3.21. The molecule has 5 nitrogen and oxygen atoms in total. The van der Waals surface area contributed by atoms with Gasteiger partial charge < -0.3 is 15.1 Å². The lowest BCUT2D eigenvalue weighted by Gasteiger charge is -2.18. The van der Waals surface area contributed by atoms with Gasteiger partial charge in [-0.2, -0.15) is 0 Å². The average Bonchev–Trinajstić information content (AvgIpc) is 3.35. The normalized spacial score (nSPS) is 11.9. The number of hydrogen-bond acceptors (Lipinski definition) is 3. The van der Waals surface area contributed by atoms with Crippen LogP contribution in [0.15, 0.2) is 66.9 Å². The van der Waals surface area contributed by atoms with Gasteiger partial charge in [0.25, 0.3) is 5.91 Å². The van der Waals surface area contributed by atoms with Crippen molar-refractivity contribution in [1.82, 2.24) is 10.3 Å². The Morgan fingerprint density at radius 3 is 2.36 bits per heavy atom. The van der Waals surface area contributed by atoms with Crippen molar-refractivity contribution in [2.75, 3.05) is 0 Å². The molecule has 0 bridgehead atoms. The lowest BCUT2D eigenvalue weighted by atomic mass is 9.92. The molecule has 0 aliphatic carbocycles. The molecule has 0 saturated heterocycles. The number of hydrogen-bond donors (Lipinski definition) is 2. The van der Waals surface area contributed by atoms with E-state index in [1.54, 1.807) is 42.5 Å². The maximum atomic E-state index is 15.3. The van der Waals surface area contributed by atoms with E-state index < -0.39 is 29.4 Å². The van der Waals surface area contributed by atoms with Gasteiger partial charge in [-0.3, -0.25) is 9.59 Å². The number of nitrogens with one attached hydrogen (secondary N) is 2. The number of rotatable bonds is 9. The Bertz CT molecular complexity index is 1560. The van der Waals surface area contributed by atoms with Crippen LogP contribution in [0, 0.1) is 18.6 Å². The van der Waals surface area contributed by atoms with E-state index in [1.165, 1.54) is 13.1 Å². The number of aromatic amines is 1. The van der Waals surface area contributed by atoms with E-state index in [0.29, 0.717) is 22.4 Å². The van der Waals surface area contributed by atoms with Crippen LogP contribution in [-0.2, 0) is 4.79 Å². The predicted octanol–water partition coefficient (Wildman–Crippen LogP) is 7.34. The minimum absolute atomic E-state index is 0.0482. The summed E-state index contributed by atoms with van der Waals surface area (Å²) in [4.78, 5) is 41.5. The summed E-state index contributed by atoms with van der Waals surface area (Å²) in [6.07, 6.45) is 1.91. The molecule has 0 radical (unpaired) electrons. The molecule has 8 heteroatoms. The van der Waals surface area contributed by atoms with Crippen LogP contribution in [0.3, 0.4) is 0 Å². The molecule has 0 saturated carbocycles. The van der Waals surface area contributed by atoms with Gasteiger partial charge in [-0.1, -0.05) is 55.8 Å². The van der Waals surface area contributed by atoms with Gasteiger partial charge in [-0.25, -0.2) is 8.78 Å². The molecule has 39 heavy (non-hydrogen) atoms. The van der Waals surface area contributed by atoms with Gasteiger partial charge in [0.1, 0.15) is 17.9 Å². The zero-order valence-corrected chi connectivity index (χ0v) is 22.4. The molecular formula is C31H27ClF2N2O3. The number of H-pyrrole nitrogens is 1. The van der Waals surface area contributed by atoms with Crippen LogP contribution >= 0.6 is 11.6 Å². The average molecular weight is 549 g/mol. The van der Waals surface area contributed by atoms with Crippen molar-refractivity contribution in [3.63, 3.8) is 0 Å². The molecule has 3 aromatic carbocycles. The number of ketones is 1. The highest BCUT2D eigenvalue weighted by Gasteiger charge is 2.29. The highest BCUT2D eigenvalue weighted by molar-refractivity contribution is 6.30. The Morgan fingerprint density at radius 1 is 0.974 bits per heavy atom. The van der Waals surface area contributed by atoms with Crippen LogP contribution in [0.5, 0.6) is 0 Å². The fraction of sp³-hybridized carbons (Fsp3) is 0.194. The first-order valence-corrected chi connectivity index (χ1v) is 12.8. The second-order valence-corrected chi connectivity index (χ2v) is 10.0. The molecule has 1 atom stereocenters. The van der Waals surface area contributed by atoms with Crippen molar-refractivity contribution in [2.45, 2.75) is 39.2 Å². The standard InChI is InChI=1S/C31H27ClF2N2O3/c1-17(2)19-6-4-8-21(14-19)30(38)29-28(27-18(3)24(33)10-11-25(27)34)23(16-35-29)31(39)36-26(12-13-37)20-7-5-9-22(32)15-20/h4-11,13-17,26,35H,12H2,1-3H3,(H,36,39). The van der Waals surface area contributed by atoms with Crippen LogP contribution < -0.4 is 5.32 Å². The fourth-order valence-electron chi connectivity index (χ4n) is 4.52. The summed E-state index contributed by atoms with van der Waals surface area (Å²) in [6, 6.07) is 14.9. The molecule has 2 N–H and O–H groups in total. The van der Waals surface area contributed by atoms with Crippen molar-refractivity contribution < 1.29 is 23.2 Å². The molecule has 1 heterocycles. The van der Waals surface area contributed by atoms with E-state index in [4.69, 9.17) is 11.6 Å². The lowest BCUT2D eigenvalue weighted by molar-refractivity contribution is -0.108. The molecule has 1 amide bonds. The van der Waals surface area contributed by atoms with Gasteiger partial charge in [-0.15, -0.1) is 0 Å². The zero-order valence-electron chi connectivity index (χ0n) is 21.6. The van der Waals surface area contributed by atoms with Crippen LogP contribution in [0.25, 0.3) is 11.1 Å². The van der Waals surface area contributed by atoms with Gasteiger partial charge >= 0.3 is 0 Å². The first-order valence-electron chi connectivity index (χ1n) is 12.4. The SMILES string of the molecule is Cc1c(F)ccc(F)c1-c1c(C(=O)NC(CC=O)c2cccc(Cl)c2)c[nH]c1C(=O)c1cccc(C(C)C)c1. The Morgan fingerprint density at radius 2 is 1.67 bits per heavy atom. The Labute approximate surface area is 230 Å². The predicted molar refractivity (Wildman–Crippen MR) is 147 cm³/mol. The van der Waals surface area contributed by atoms with Crippen molar-refractivity contribution in [3.05, 3.63) is 117 Å². The zero-order chi connectivity index (χ0) is 28.3. The van der Waals surface area contributed by atoms with Gasteiger partial charge in [0.15, 0.2) is 0 Å². The van der Waals surface area contributed by atoms with Crippen LogP contribution in [0.1, 0.15) is 75.3 Å². The molecule has 1 aromatic heterocycles. The molecule has 0 aliphatic heterocycles. The third kappa shape index (κ3) is 5.83. The van der Waals surface area contributed by atoms with Crippen molar-refractivity contribution in [3.8, 4) is 11.1 Å². The summed E-state index contributed by atoms with van der Waals surface area (Å²) in [5.41, 5.74) is 1.44. The molecular weight excluding hydrogens is 522 g/mol. The molecule has 1 unspecified atom stereocenters. The second kappa shape index (κ2) is 11.7. The number of carbonyl (C=O) groups excluding carboxylic acids is 3. The van der Waals surface area contributed by atoms with E-state index in [-0.39, 0.29) is 40.3 Å². The maximum Gasteiger partial charge on any atom is 0.253 e. The minimum Gasteiger partial charge on any atom is -0.357 e. The molecule has 4 rings (SSSR count). The Balaban J connectivity index is 1.85. The Hall–Kier alpha value is -4.10. The summed E-state index contributed by atoms with van der Waals surface area (Å²) in [6.45, 7) is 5.37. The van der Waals surface area contributed by atoms with Crippen molar-refractivity contribution in [1.29, 1.82) is 0 Å². The van der Waals surface area contributed by atoms with Crippen LogP contribution in [0.2, 0.25) is 5.02 Å². The van der Waals surface area contributed by atoms with E-state index in [2.05, 4.69) is 10.3 Å². The van der Waals surface area contributed by atoms with E-state index in [9.17, 15) is 18.8 Å². The number of benzene rings is 3. The first kappa shape index (κ1) is 27.9. The summed E-state index contributed by atoms with van der Waals surface area (Å²) in [5.74, 6) is -2.46. The van der Waals surface area contributed by atoms with Gasteiger partial charge in [-0.05, 0) is 59.9 Å². The smallest absolute Gasteiger partial charge is 0.253 e. The maximum absolute atomic E-state index is 15.3. The number of amides is 1. The number of aldehydes is 1. The summed E-state index contributed by atoms with van der Waals surface area (Å²) < 4.78 is 29.9. The molecule has 0 aliphatic rings. The quantitative estimate of drug-likeness (QED) is 0.170. The van der Waals surface area contributed by atoms with Crippen molar-refractivity contribution in [2.24, 2.45) is 0 Å². The summed E-state index contributed by atoms with van der Waals surface area (Å²) >= 11 is 6.10. The largest absolute Gasteiger partial charge is 0.357 e. The highest BCUT2D eigenvalue weighted by atomic mass is 35.5. The minimum atomic E-state index is -0.785. The second-order valence-electron chi connectivity index (χ2n) is 9.57. The number of carbonyl (C=O) groups is 3. The van der Waals surface area contributed by atoms with Crippen LogP contribution in [-0.4, -0.2) is 23.0 Å². The third-order valence-corrected chi connectivity index (χ3v) is 6.89. The number of halogens is 3. The first-order chi connectivity index (χ1) is 18.6. The van der Waals surface area contributed by atoms with Crippen LogP contribution in [0.4, 0.5) is 8.78 Å². The lowest BCUT2D eigenvalue weighted by Crippen LogP contribution is -2.29. The highest BCUT2D eigenvalue weighted by Crippen LogP contribution is 2.36. The fourth-order valence-corrected chi connectivity index (χ4v) is 4.72. The van der Waals surface area contributed by atoms with E-state index in [1.807, 2.05) is 19.9 Å². The van der Waals surface area contributed by atoms with Gasteiger partial charge in [0.05, 0.1) is 17.3 Å². The van der Waals surface area contributed by atoms with E-state index >= 15 is 4.39 Å². The molecule has 0 fully saturated rings. The number of aromatic nitrogens is 1. The molecule has 200 valence electrons. The van der Waals surface area contributed by atoms with Crippen molar-refractivity contribution >= 4 is 29.6 Å². The Kier molecular flexibility index (Phi) is 8.41. The third-order valence-electron chi connectivity index (χ3n) is 6.65. The topological polar surface area (TPSA) is 79.0 Å². The molecule has 0 spiro atoms.